The highest BCUT2D eigenvalue weighted by Crippen LogP contribution is 2.17. The van der Waals surface area contributed by atoms with Gasteiger partial charge in [-0.1, -0.05) is 12.8 Å². The van der Waals surface area contributed by atoms with E-state index in [1.54, 1.807) is 0 Å². The topological polar surface area (TPSA) is 24.5 Å². The van der Waals surface area contributed by atoms with Crippen LogP contribution in [-0.2, 0) is 4.74 Å². The van der Waals surface area contributed by atoms with Gasteiger partial charge in [-0.25, -0.2) is 0 Å². The van der Waals surface area contributed by atoms with E-state index in [2.05, 4.69) is 38.0 Å². The fourth-order valence-corrected chi connectivity index (χ4v) is 2.28. The van der Waals surface area contributed by atoms with Crippen molar-refractivity contribution in [1.82, 2.24) is 10.2 Å². The first kappa shape index (κ1) is 14.9. The maximum absolute atomic E-state index is 5.58. The van der Waals surface area contributed by atoms with Gasteiger partial charge in [0.2, 0.25) is 0 Å². The van der Waals surface area contributed by atoms with Gasteiger partial charge in [0.25, 0.3) is 0 Å². The van der Waals surface area contributed by atoms with Crippen molar-refractivity contribution in [3.8, 4) is 0 Å². The van der Waals surface area contributed by atoms with Crippen LogP contribution in [0.4, 0.5) is 0 Å². The van der Waals surface area contributed by atoms with Crippen LogP contribution in [0.25, 0.3) is 0 Å². The van der Waals surface area contributed by atoms with Crippen LogP contribution >= 0.6 is 0 Å². The summed E-state index contributed by atoms with van der Waals surface area (Å²) in [5.74, 6) is 0. The van der Waals surface area contributed by atoms with Crippen LogP contribution in [0.5, 0.6) is 0 Å². The Morgan fingerprint density at radius 3 is 2.47 bits per heavy atom. The number of nitrogens with one attached hydrogen (secondary N) is 1. The van der Waals surface area contributed by atoms with Crippen LogP contribution in [0, 0.1) is 0 Å². The lowest BCUT2D eigenvalue weighted by atomic mass is 10.2. The van der Waals surface area contributed by atoms with Crippen molar-refractivity contribution in [1.29, 1.82) is 0 Å². The quantitative estimate of drug-likeness (QED) is 0.706. The summed E-state index contributed by atoms with van der Waals surface area (Å²) in [7, 11) is 2.19. The molecule has 0 aliphatic heterocycles. The van der Waals surface area contributed by atoms with Crippen molar-refractivity contribution in [3.63, 3.8) is 0 Å². The molecule has 0 radical (unpaired) electrons. The first-order valence-corrected chi connectivity index (χ1v) is 7.15. The number of hydrogen-bond acceptors (Lipinski definition) is 3. The molecule has 1 rings (SSSR count). The molecule has 3 nitrogen and oxygen atoms in total. The van der Waals surface area contributed by atoms with E-state index in [0.29, 0.717) is 12.1 Å². The summed E-state index contributed by atoms with van der Waals surface area (Å²) in [6, 6.07) is 1.36. The Kier molecular flexibility index (Phi) is 7.09. The Bertz CT molecular complexity index is 191. The molecular formula is C14H30N2O. The van der Waals surface area contributed by atoms with Gasteiger partial charge in [0.05, 0.1) is 12.7 Å². The maximum Gasteiger partial charge on any atom is 0.0596 e. The Morgan fingerprint density at radius 1 is 1.24 bits per heavy atom. The number of likely N-dealkylation sites (N-methyl/N-ethyl adjacent to an activating group) is 1. The highest BCUT2D eigenvalue weighted by molar-refractivity contribution is 4.76. The lowest BCUT2D eigenvalue weighted by Crippen LogP contribution is -2.42. The smallest absolute Gasteiger partial charge is 0.0596 e. The molecule has 17 heavy (non-hydrogen) atoms. The van der Waals surface area contributed by atoms with Crippen LogP contribution in [-0.4, -0.2) is 49.8 Å². The second-order valence-electron chi connectivity index (χ2n) is 5.64. The fraction of sp³-hybridized carbons (Fsp3) is 1.00. The van der Waals surface area contributed by atoms with E-state index in [0.717, 1.165) is 25.7 Å². The Labute approximate surface area is 107 Å². The zero-order valence-electron chi connectivity index (χ0n) is 12.0. The average Bonchev–Trinajstić information content (AvgIpc) is 2.78. The molecule has 0 aromatic heterocycles. The maximum atomic E-state index is 5.58. The monoisotopic (exact) mass is 242 g/mol. The third-order valence-electron chi connectivity index (χ3n) is 3.70. The molecule has 1 N–H and O–H groups in total. The van der Waals surface area contributed by atoms with E-state index in [4.69, 9.17) is 4.74 Å². The molecule has 3 heteroatoms. The molecule has 0 aromatic carbocycles. The van der Waals surface area contributed by atoms with E-state index in [1.165, 1.54) is 25.7 Å². The minimum absolute atomic E-state index is 0.343. The highest BCUT2D eigenvalue weighted by atomic mass is 16.5. The molecule has 0 spiro atoms. The molecule has 1 fully saturated rings. The van der Waals surface area contributed by atoms with Gasteiger partial charge in [-0.15, -0.1) is 0 Å². The van der Waals surface area contributed by atoms with E-state index >= 15 is 0 Å². The van der Waals surface area contributed by atoms with Crippen LogP contribution < -0.4 is 5.32 Å². The van der Waals surface area contributed by atoms with Gasteiger partial charge < -0.3 is 15.0 Å². The molecular weight excluding hydrogens is 212 g/mol. The third-order valence-corrected chi connectivity index (χ3v) is 3.70. The van der Waals surface area contributed by atoms with Crippen molar-refractivity contribution in [2.75, 3.05) is 26.7 Å². The summed E-state index contributed by atoms with van der Waals surface area (Å²) in [4.78, 5) is 2.38. The number of hydrogen-bond donors (Lipinski definition) is 1. The van der Waals surface area contributed by atoms with Gasteiger partial charge in [0, 0.05) is 25.2 Å². The van der Waals surface area contributed by atoms with Crippen LogP contribution in [0.1, 0.15) is 46.5 Å². The molecule has 0 bridgehead atoms. The lowest BCUT2D eigenvalue weighted by molar-refractivity contribution is 0.0571. The minimum atomic E-state index is 0.343. The molecule has 0 saturated heterocycles. The molecule has 102 valence electrons. The fourth-order valence-electron chi connectivity index (χ4n) is 2.28. The first-order valence-electron chi connectivity index (χ1n) is 7.15. The Morgan fingerprint density at radius 2 is 1.88 bits per heavy atom. The van der Waals surface area contributed by atoms with Gasteiger partial charge in [0.1, 0.15) is 0 Å². The van der Waals surface area contributed by atoms with Crippen molar-refractivity contribution < 1.29 is 4.74 Å². The van der Waals surface area contributed by atoms with Gasteiger partial charge in [-0.05, 0) is 40.7 Å². The van der Waals surface area contributed by atoms with E-state index < -0.39 is 0 Å². The Balaban J connectivity index is 2.06. The van der Waals surface area contributed by atoms with E-state index in [1.807, 2.05) is 0 Å². The van der Waals surface area contributed by atoms with Crippen LogP contribution in [0.15, 0.2) is 0 Å². The zero-order chi connectivity index (χ0) is 12.7. The third kappa shape index (κ3) is 6.39. The number of nitrogens with zero attached hydrogens (tertiary/aromatic N) is 1. The van der Waals surface area contributed by atoms with Gasteiger partial charge in [-0.2, -0.15) is 0 Å². The average molecular weight is 242 g/mol. The van der Waals surface area contributed by atoms with Gasteiger partial charge >= 0.3 is 0 Å². The molecule has 1 aliphatic rings. The van der Waals surface area contributed by atoms with Crippen molar-refractivity contribution in [2.45, 2.75) is 64.6 Å². The van der Waals surface area contributed by atoms with Crippen molar-refractivity contribution >= 4 is 0 Å². The summed E-state index contributed by atoms with van der Waals surface area (Å²) < 4.78 is 5.58. The van der Waals surface area contributed by atoms with Crippen molar-refractivity contribution in [2.24, 2.45) is 0 Å². The largest absolute Gasteiger partial charge is 0.377 e. The Hall–Kier alpha value is -0.120. The van der Waals surface area contributed by atoms with Crippen molar-refractivity contribution in [3.05, 3.63) is 0 Å². The summed E-state index contributed by atoms with van der Waals surface area (Å²) in [6.07, 6.45) is 5.89. The molecule has 0 amide bonds. The summed E-state index contributed by atoms with van der Waals surface area (Å²) in [5.41, 5.74) is 0. The molecule has 1 unspecified atom stereocenters. The number of rotatable bonds is 8. The lowest BCUT2D eigenvalue weighted by Gasteiger charge is -2.26. The number of ether oxygens (including phenoxy) is 1. The molecule has 1 aliphatic carbocycles. The highest BCUT2D eigenvalue weighted by Gasteiger charge is 2.16. The summed E-state index contributed by atoms with van der Waals surface area (Å²) in [5, 5.41) is 3.68. The SMILES string of the molecule is CC(C)OCCN(C)C(C)CNC1CCCC1. The predicted octanol–water partition coefficient (Wildman–Crippen LogP) is 2.26. The van der Waals surface area contributed by atoms with E-state index in [9.17, 15) is 0 Å². The summed E-state index contributed by atoms with van der Waals surface area (Å²) >= 11 is 0. The molecule has 0 heterocycles. The van der Waals surface area contributed by atoms with Gasteiger partial charge in [0.15, 0.2) is 0 Å². The predicted molar refractivity (Wildman–Crippen MR) is 73.4 cm³/mol. The van der Waals surface area contributed by atoms with Gasteiger partial charge in [-0.3, -0.25) is 0 Å². The standard InChI is InChI=1S/C14H30N2O/c1-12(2)17-10-9-16(4)13(3)11-15-14-7-5-6-8-14/h12-15H,5-11H2,1-4H3. The summed E-state index contributed by atoms with van der Waals surface area (Å²) in [6.45, 7) is 9.42. The molecule has 0 aromatic rings. The van der Waals surface area contributed by atoms with Crippen LogP contribution in [0.2, 0.25) is 0 Å². The normalized spacial score (nSPS) is 19.4. The second-order valence-corrected chi connectivity index (χ2v) is 5.64. The van der Waals surface area contributed by atoms with Crippen LogP contribution in [0.3, 0.4) is 0 Å². The molecule has 1 atom stereocenters. The first-order chi connectivity index (χ1) is 8.09. The van der Waals surface area contributed by atoms with E-state index in [-0.39, 0.29) is 0 Å². The second kappa shape index (κ2) is 8.06. The zero-order valence-corrected chi connectivity index (χ0v) is 12.0. The molecule has 1 saturated carbocycles. The minimum Gasteiger partial charge on any atom is -0.377 e.